The maximum absolute atomic E-state index is 12.9. The lowest BCUT2D eigenvalue weighted by atomic mass is 9.79. The van der Waals surface area contributed by atoms with Crippen LogP contribution in [0.2, 0.25) is 0 Å². The number of hydrogen-bond acceptors (Lipinski definition) is 1. The summed E-state index contributed by atoms with van der Waals surface area (Å²) in [6.45, 7) is -0.0154. The van der Waals surface area contributed by atoms with Gasteiger partial charge in [-0.15, -0.1) is 0 Å². The van der Waals surface area contributed by atoms with Gasteiger partial charge in [-0.1, -0.05) is 12.1 Å². The average molecular weight is 235 g/mol. The van der Waals surface area contributed by atoms with Crippen LogP contribution in [0.25, 0.3) is 0 Å². The predicted octanol–water partition coefficient (Wildman–Crippen LogP) is 3.45. The Morgan fingerprint density at radius 1 is 1.12 bits per heavy atom. The zero-order chi connectivity index (χ0) is 12.4. The molecule has 0 saturated heterocycles. The fourth-order valence-electron chi connectivity index (χ4n) is 1.49. The van der Waals surface area contributed by atoms with Crippen molar-refractivity contribution in [3.8, 4) is 0 Å². The van der Waals surface area contributed by atoms with Crippen LogP contribution in [-0.4, -0.2) is 12.9 Å². The van der Waals surface area contributed by atoms with Gasteiger partial charge in [0.05, 0.1) is 12.1 Å². The van der Waals surface area contributed by atoms with E-state index in [2.05, 4.69) is 0 Å². The van der Waals surface area contributed by atoms with Crippen molar-refractivity contribution in [2.75, 3.05) is 12.4 Å². The summed E-state index contributed by atoms with van der Waals surface area (Å²) >= 11 is 0. The lowest BCUT2D eigenvalue weighted by Gasteiger charge is -2.31. The molecule has 1 atom stereocenters. The van der Waals surface area contributed by atoms with Crippen molar-refractivity contribution in [3.63, 3.8) is 0 Å². The zero-order valence-electron chi connectivity index (χ0n) is 8.81. The Bertz CT molecular complexity index is 344. The van der Waals surface area contributed by atoms with Gasteiger partial charge in [0.2, 0.25) is 0 Å². The minimum atomic E-state index is -4.48. The minimum absolute atomic E-state index is 0.0341. The quantitative estimate of drug-likeness (QED) is 0.630. The van der Waals surface area contributed by atoms with Gasteiger partial charge < -0.3 is 5.73 Å². The second kappa shape index (κ2) is 4.31. The fraction of sp³-hybridized carbons (Fsp3) is 0.455. The smallest absolute Gasteiger partial charge is 0.398 e. The summed E-state index contributed by atoms with van der Waals surface area (Å²) in [6.07, 6.45) is -5.06. The van der Waals surface area contributed by atoms with Crippen molar-refractivity contribution >= 4 is 5.69 Å². The molecule has 1 aromatic rings. The standard InChI is InChI=1S/C11H13F4N/c1-10(6-7-12,11(13,14)15)8-2-4-9(16)5-3-8/h2-5H,6-7,16H2,1H3. The number of halogens is 4. The first-order chi connectivity index (χ1) is 7.31. The van der Waals surface area contributed by atoms with Crippen molar-refractivity contribution < 1.29 is 17.6 Å². The Morgan fingerprint density at radius 3 is 2.00 bits per heavy atom. The lowest BCUT2D eigenvalue weighted by molar-refractivity contribution is -0.188. The second-order valence-corrected chi connectivity index (χ2v) is 3.89. The van der Waals surface area contributed by atoms with E-state index in [0.717, 1.165) is 6.92 Å². The third kappa shape index (κ3) is 2.28. The van der Waals surface area contributed by atoms with Crippen LogP contribution in [0.3, 0.4) is 0 Å². The Hall–Kier alpha value is -1.26. The Morgan fingerprint density at radius 2 is 1.62 bits per heavy atom. The van der Waals surface area contributed by atoms with Crippen LogP contribution in [0.15, 0.2) is 24.3 Å². The maximum Gasteiger partial charge on any atom is 0.398 e. The van der Waals surface area contributed by atoms with Crippen LogP contribution in [0.1, 0.15) is 18.9 Å². The summed E-state index contributed by atoms with van der Waals surface area (Å²) in [5.41, 5.74) is 3.66. The molecule has 2 N–H and O–H groups in total. The van der Waals surface area contributed by atoms with Gasteiger partial charge in [0.25, 0.3) is 0 Å². The molecular formula is C11H13F4N. The summed E-state index contributed by atoms with van der Waals surface area (Å²) in [6, 6.07) is 5.35. The normalized spacial score (nSPS) is 15.8. The van der Waals surface area contributed by atoms with Crippen molar-refractivity contribution in [1.82, 2.24) is 0 Å². The highest BCUT2D eigenvalue weighted by atomic mass is 19.4. The highest BCUT2D eigenvalue weighted by Gasteiger charge is 2.51. The molecule has 5 heteroatoms. The van der Waals surface area contributed by atoms with E-state index in [1.165, 1.54) is 24.3 Å². The molecular weight excluding hydrogens is 222 g/mol. The molecule has 0 amide bonds. The van der Waals surface area contributed by atoms with E-state index in [1.807, 2.05) is 0 Å². The van der Waals surface area contributed by atoms with Gasteiger partial charge >= 0.3 is 6.18 Å². The average Bonchev–Trinajstić information content (AvgIpc) is 2.17. The van der Waals surface area contributed by atoms with Crippen molar-refractivity contribution in [1.29, 1.82) is 0 Å². The maximum atomic E-state index is 12.9. The van der Waals surface area contributed by atoms with E-state index in [9.17, 15) is 17.6 Å². The van der Waals surface area contributed by atoms with E-state index >= 15 is 0 Å². The summed E-state index contributed by atoms with van der Waals surface area (Å²) in [5, 5.41) is 0. The Labute approximate surface area is 91.3 Å². The minimum Gasteiger partial charge on any atom is -0.399 e. The number of alkyl halides is 4. The number of nitrogen functional groups attached to an aromatic ring is 1. The summed E-state index contributed by atoms with van der Waals surface area (Å²) in [4.78, 5) is 0. The van der Waals surface area contributed by atoms with Crippen LogP contribution in [0.4, 0.5) is 23.2 Å². The third-order valence-electron chi connectivity index (χ3n) is 2.77. The number of rotatable bonds is 3. The van der Waals surface area contributed by atoms with Crippen LogP contribution in [0, 0.1) is 0 Å². The highest BCUT2D eigenvalue weighted by molar-refractivity contribution is 5.42. The Balaban J connectivity index is 3.16. The molecule has 0 aromatic heterocycles. The molecule has 0 aliphatic carbocycles. The van der Waals surface area contributed by atoms with Gasteiger partial charge in [-0.25, -0.2) is 0 Å². The van der Waals surface area contributed by atoms with Gasteiger partial charge in [0.15, 0.2) is 0 Å². The van der Waals surface area contributed by atoms with Gasteiger partial charge in [-0.2, -0.15) is 13.2 Å². The molecule has 0 radical (unpaired) electrons. The highest BCUT2D eigenvalue weighted by Crippen LogP contribution is 2.43. The predicted molar refractivity (Wildman–Crippen MR) is 54.9 cm³/mol. The molecule has 0 aliphatic rings. The van der Waals surface area contributed by atoms with Gasteiger partial charge in [-0.3, -0.25) is 4.39 Å². The number of benzene rings is 1. The van der Waals surface area contributed by atoms with Crippen LogP contribution in [-0.2, 0) is 5.41 Å². The molecule has 1 nitrogen and oxygen atoms in total. The van der Waals surface area contributed by atoms with E-state index in [0.29, 0.717) is 5.69 Å². The molecule has 1 aromatic carbocycles. The van der Waals surface area contributed by atoms with E-state index in [4.69, 9.17) is 5.73 Å². The van der Waals surface area contributed by atoms with E-state index < -0.39 is 24.7 Å². The molecule has 1 unspecified atom stereocenters. The van der Waals surface area contributed by atoms with Crippen LogP contribution >= 0.6 is 0 Å². The molecule has 0 fully saturated rings. The first-order valence-electron chi connectivity index (χ1n) is 4.80. The molecule has 0 spiro atoms. The van der Waals surface area contributed by atoms with E-state index in [1.54, 1.807) is 0 Å². The van der Waals surface area contributed by atoms with E-state index in [-0.39, 0.29) is 5.56 Å². The molecule has 0 heterocycles. The zero-order valence-corrected chi connectivity index (χ0v) is 8.81. The number of hydrogen-bond donors (Lipinski definition) is 1. The third-order valence-corrected chi connectivity index (χ3v) is 2.77. The molecule has 16 heavy (non-hydrogen) atoms. The molecule has 1 rings (SSSR count). The topological polar surface area (TPSA) is 26.0 Å². The lowest BCUT2D eigenvalue weighted by Crippen LogP contribution is -2.40. The molecule has 0 saturated carbocycles. The van der Waals surface area contributed by atoms with Crippen molar-refractivity contribution in [3.05, 3.63) is 29.8 Å². The summed E-state index contributed by atoms with van der Waals surface area (Å²) in [7, 11) is 0. The monoisotopic (exact) mass is 235 g/mol. The first kappa shape index (κ1) is 12.8. The van der Waals surface area contributed by atoms with Gasteiger partial charge in [-0.05, 0) is 31.0 Å². The van der Waals surface area contributed by atoms with Crippen molar-refractivity contribution in [2.24, 2.45) is 0 Å². The second-order valence-electron chi connectivity index (χ2n) is 3.89. The largest absolute Gasteiger partial charge is 0.399 e. The number of nitrogens with two attached hydrogens (primary N) is 1. The van der Waals surface area contributed by atoms with Crippen LogP contribution < -0.4 is 5.73 Å². The first-order valence-corrected chi connectivity index (χ1v) is 4.80. The summed E-state index contributed by atoms with van der Waals surface area (Å²) in [5.74, 6) is 0. The number of anilines is 1. The SMILES string of the molecule is CC(CCF)(c1ccc(N)cc1)C(F)(F)F. The molecule has 90 valence electrons. The fourth-order valence-corrected chi connectivity index (χ4v) is 1.49. The molecule has 0 bridgehead atoms. The molecule has 0 aliphatic heterocycles. The van der Waals surface area contributed by atoms with Crippen molar-refractivity contribution in [2.45, 2.75) is 24.9 Å². The van der Waals surface area contributed by atoms with Gasteiger partial charge in [0, 0.05) is 5.69 Å². The van der Waals surface area contributed by atoms with Gasteiger partial charge in [0.1, 0.15) is 0 Å². The Kier molecular flexibility index (Phi) is 3.45. The summed E-state index contributed by atoms with van der Waals surface area (Å²) < 4.78 is 50.9. The van der Waals surface area contributed by atoms with Crippen LogP contribution in [0.5, 0.6) is 0 Å².